The zero-order valence-corrected chi connectivity index (χ0v) is 42.7. The predicted molar refractivity (Wildman–Crippen MR) is 248 cm³/mol. The highest BCUT2D eigenvalue weighted by Crippen LogP contribution is 2.84. The third-order valence-corrected chi connectivity index (χ3v) is 22.7. The van der Waals surface area contributed by atoms with Crippen LogP contribution in [0.3, 0.4) is 0 Å². The van der Waals surface area contributed by atoms with Gasteiger partial charge in [0.25, 0.3) is 0 Å². The molecule has 72 heavy (non-hydrogen) atoms. The molecule has 2 amide bonds. The molecule has 14 aliphatic rings. The fourth-order valence-electron chi connectivity index (χ4n) is 16.8. The van der Waals surface area contributed by atoms with Crippen LogP contribution in [-0.4, -0.2) is 167 Å². The second kappa shape index (κ2) is 15.2. The molecule has 0 aromatic rings. The lowest BCUT2D eigenvalue weighted by molar-refractivity contribution is -0.181. The summed E-state index contributed by atoms with van der Waals surface area (Å²) in [5.74, 6) is -1.28. The van der Waals surface area contributed by atoms with Crippen LogP contribution in [0.4, 0.5) is 0 Å². The molecule has 10 fully saturated rings. The van der Waals surface area contributed by atoms with Gasteiger partial charge in [-0.25, -0.2) is 9.59 Å². The number of fused-ring (bicyclic) bond motifs is 8. The average molecular weight is 1040 g/mol. The maximum absolute atomic E-state index is 13.6. The van der Waals surface area contributed by atoms with Crippen molar-refractivity contribution in [1.82, 2.24) is 10.6 Å². The van der Waals surface area contributed by atoms with Gasteiger partial charge < -0.3 is 63.1 Å². The number of esters is 4. The number of hydrogen-bond donors (Lipinski definition) is 3. The second-order valence-electron chi connectivity index (χ2n) is 23.6. The Morgan fingerprint density at radius 2 is 1.11 bits per heavy atom. The number of amides is 2. The van der Waals surface area contributed by atoms with E-state index in [0.717, 1.165) is 23.1 Å². The van der Waals surface area contributed by atoms with Crippen molar-refractivity contribution in [3.63, 3.8) is 0 Å². The summed E-state index contributed by atoms with van der Waals surface area (Å²) in [6, 6.07) is 0. The van der Waals surface area contributed by atoms with E-state index in [9.17, 15) is 33.9 Å². The lowest BCUT2D eigenvalue weighted by Crippen LogP contribution is -2.73. The smallest absolute Gasteiger partial charge is 0.334 e. The van der Waals surface area contributed by atoms with E-state index >= 15 is 0 Å². The van der Waals surface area contributed by atoms with Crippen LogP contribution in [0.2, 0.25) is 0 Å². The molecule has 14 rings (SSSR count). The summed E-state index contributed by atoms with van der Waals surface area (Å²) in [4.78, 5) is 77.9. The summed E-state index contributed by atoms with van der Waals surface area (Å²) in [5, 5.41) is 18.3. The first-order valence-electron chi connectivity index (χ1n) is 26.2. The number of cyclic esters (lactones) is 2. The van der Waals surface area contributed by atoms with Crippen molar-refractivity contribution in [2.24, 2.45) is 29.1 Å². The zero-order valence-electron chi connectivity index (χ0n) is 41.0. The topological polar surface area (TPSA) is 259 Å². The molecule has 19 nitrogen and oxygen atoms in total. The summed E-state index contributed by atoms with van der Waals surface area (Å²) >= 11 is 0. The molecule has 4 saturated carbocycles. The van der Waals surface area contributed by atoms with Crippen molar-refractivity contribution in [3.8, 4) is 0 Å². The van der Waals surface area contributed by atoms with E-state index in [4.69, 9.17) is 47.4 Å². The third kappa shape index (κ3) is 5.66. The molecular formula is C51H62N2O17S2. The Hall–Kier alpha value is -3.28. The van der Waals surface area contributed by atoms with Crippen LogP contribution in [0.1, 0.15) is 98.8 Å². The monoisotopic (exact) mass is 1040 g/mol. The van der Waals surface area contributed by atoms with Crippen LogP contribution >= 0.6 is 21.6 Å². The molecule has 21 heteroatoms. The Bertz CT molecular complexity index is 2420. The molecular weight excluding hydrogens is 977 g/mol. The van der Waals surface area contributed by atoms with Gasteiger partial charge in [0.15, 0.2) is 29.0 Å². The zero-order chi connectivity index (χ0) is 49.9. The minimum absolute atomic E-state index is 0.0220. The molecule has 8 aliphatic heterocycles. The van der Waals surface area contributed by atoms with Crippen molar-refractivity contribution in [3.05, 3.63) is 22.3 Å². The van der Waals surface area contributed by atoms with Gasteiger partial charge in [-0.1, -0.05) is 56.2 Å². The molecule has 0 bridgehead atoms. The number of rotatable bonds is 17. The van der Waals surface area contributed by atoms with Crippen LogP contribution in [0.25, 0.3) is 0 Å². The first-order chi connectivity index (χ1) is 34.4. The van der Waals surface area contributed by atoms with Crippen molar-refractivity contribution in [2.45, 2.75) is 187 Å². The number of ether oxygens (including phenoxy) is 10. The van der Waals surface area contributed by atoms with Gasteiger partial charge in [-0.15, -0.1) is 0 Å². The van der Waals surface area contributed by atoms with Gasteiger partial charge in [-0.3, -0.25) is 19.2 Å². The van der Waals surface area contributed by atoms with Crippen molar-refractivity contribution in [2.75, 3.05) is 37.8 Å². The van der Waals surface area contributed by atoms with Crippen LogP contribution in [0.15, 0.2) is 22.3 Å². The number of nitrogens with one attached hydrogen (secondary N) is 2. The number of carbonyl (C=O) groups is 6. The largest absolute Gasteiger partial charge is 0.458 e. The van der Waals surface area contributed by atoms with Crippen LogP contribution in [0.5, 0.6) is 0 Å². The second-order valence-corrected chi connectivity index (χ2v) is 26.3. The highest BCUT2D eigenvalue weighted by atomic mass is 33.1. The maximum Gasteiger partial charge on any atom is 0.334 e. The highest BCUT2D eigenvalue weighted by molar-refractivity contribution is 8.76. The Morgan fingerprint density at radius 3 is 1.65 bits per heavy atom. The minimum atomic E-state index is -1.35. The van der Waals surface area contributed by atoms with Crippen molar-refractivity contribution < 1.29 is 81.2 Å². The summed E-state index contributed by atoms with van der Waals surface area (Å²) in [5.41, 5.74) is -3.77. The van der Waals surface area contributed by atoms with Crippen LogP contribution in [-0.2, 0) is 76.1 Å². The van der Waals surface area contributed by atoms with Gasteiger partial charge in [0.2, 0.25) is 11.8 Å². The van der Waals surface area contributed by atoms with Gasteiger partial charge >= 0.3 is 23.9 Å². The lowest BCUT2D eigenvalue weighted by Gasteiger charge is -2.53. The molecule has 18 atom stereocenters. The molecule has 8 heterocycles. The van der Waals surface area contributed by atoms with E-state index in [1.54, 1.807) is 21.6 Å². The Balaban J connectivity index is 0.514. The first kappa shape index (κ1) is 47.2. The summed E-state index contributed by atoms with van der Waals surface area (Å²) in [6.07, 6.45) is -0.579. The normalized spacial score (nSPS) is 48.7. The lowest BCUT2D eigenvalue weighted by atomic mass is 9.46. The SMILES string of the molecule is CC(C)[C@]12O[C@H]1[C@@H]1O[C@]13[C@]1(O[C@H]1CC1C4=C(CC[C@@]13C)C(=O)OC4)[C@@H]2OC(=O)CCC(=O)NCCSSCCNC(=O)CCC(=O)O[C@H]1[C@]2(C(C)C)O[C@@H]2[C@H]2O[C@@]23[C@@]12O[C@@H]2CC1C2=C(CC[C@]13O)C(=O)OC2. The number of hydrogen-bond acceptors (Lipinski definition) is 19. The van der Waals surface area contributed by atoms with Gasteiger partial charge in [0.1, 0.15) is 60.0 Å². The number of aliphatic hydroxyl groups is 1. The van der Waals surface area contributed by atoms with Gasteiger partial charge in [-0.05, 0) is 67.4 Å². The molecule has 6 saturated heterocycles. The van der Waals surface area contributed by atoms with Crippen molar-refractivity contribution in [1.29, 1.82) is 0 Å². The van der Waals surface area contributed by atoms with E-state index in [2.05, 4.69) is 31.4 Å². The van der Waals surface area contributed by atoms with E-state index in [0.29, 0.717) is 68.9 Å². The summed E-state index contributed by atoms with van der Waals surface area (Å²) < 4.78 is 63.0. The number of carbonyl (C=O) groups excluding carboxylic acids is 6. The molecule has 390 valence electrons. The quantitative estimate of drug-likeness (QED) is 0.0620. The standard InChI is InChI=1S/C51H62N2O17S2/c1-22(2)46-36(67-46)38-50(69-38)44(5)12-10-24-26(20-61-40(24)58)28(44)18-30-48(50,65-30)42(46)63-34(56)8-6-32(54)52-14-16-71-72-17-15-53-33(55)7-9-35(57)64-43-47(23(3)4)37(68-47)39-51(70-39)45(60)13-11-25-27(21-62-41(25)59)29(45)19-31-49(43,51)66-31/h22-23,28-31,36-39,42-43,60H,6-21H2,1-5H3,(H,52,54)(H,53,55)/t28?,29?,30-,31+,36-,37+,38-,39+,42+,43-,44-,45-,46-,47+,48+,49-,50+,51-/m0/s1. The van der Waals surface area contributed by atoms with E-state index in [-0.39, 0.29) is 110 Å². The Morgan fingerprint density at radius 1 is 0.639 bits per heavy atom. The number of epoxide rings is 6. The Labute approximate surface area is 423 Å². The van der Waals surface area contributed by atoms with E-state index in [1.165, 1.54) is 0 Å². The maximum atomic E-state index is 13.6. The van der Waals surface area contributed by atoms with Crippen LogP contribution < -0.4 is 10.6 Å². The third-order valence-electron chi connectivity index (χ3n) is 20.3. The highest BCUT2D eigenvalue weighted by Gasteiger charge is 3.03. The molecule has 0 radical (unpaired) electrons. The molecule has 6 aliphatic carbocycles. The molecule has 0 aromatic carbocycles. The van der Waals surface area contributed by atoms with Gasteiger partial charge in [-0.2, -0.15) is 0 Å². The van der Waals surface area contributed by atoms with Gasteiger partial charge in [0, 0.05) is 59.9 Å². The summed E-state index contributed by atoms with van der Waals surface area (Å²) in [6.45, 7) is 11.6. The molecule has 4 spiro atoms. The fourth-order valence-corrected chi connectivity index (χ4v) is 18.6. The molecule has 0 aromatic heterocycles. The van der Waals surface area contributed by atoms with Gasteiger partial charge in [0.05, 0.1) is 25.0 Å². The van der Waals surface area contributed by atoms with E-state index < -0.39 is 75.6 Å². The molecule has 2 unspecified atom stereocenters. The fraction of sp³-hybridized carbons (Fsp3) is 0.804. The average Bonchev–Trinajstić information content (AvgIpc) is 4.08. The summed E-state index contributed by atoms with van der Waals surface area (Å²) in [7, 11) is 3.09. The van der Waals surface area contributed by atoms with E-state index in [1.807, 2.05) is 13.8 Å². The first-order valence-corrected chi connectivity index (χ1v) is 28.7. The molecule has 3 N–H and O–H groups in total. The predicted octanol–water partition coefficient (Wildman–Crippen LogP) is 2.22. The Kier molecular flexibility index (Phi) is 9.98. The van der Waals surface area contributed by atoms with Crippen LogP contribution in [0, 0.1) is 29.1 Å². The van der Waals surface area contributed by atoms with Crippen molar-refractivity contribution >= 4 is 57.3 Å². The minimum Gasteiger partial charge on any atom is -0.458 e.